The van der Waals surface area contributed by atoms with Gasteiger partial charge in [0.05, 0.1) is 24.1 Å². The lowest BCUT2D eigenvalue weighted by Gasteiger charge is -2.27. The highest BCUT2D eigenvalue weighted by molar-refractivity contribution is 5.88. The van der Waals surface area contributed by atoms with E-state index in [-0.39, 0.29) is 17.0 Å². The zero-order chi connectivity index (χ0) is 19.1. The topological polar surface area (TPSA) is 90.3 Å². The summed E-state index contributed by atoms with van der Waals surface area (Å²) in [6.45, 7) is 0. The molecule has 134 valence electrons. The number of aryl methyl sites for hydroxylation is 1. The molecule has 1 aliphatic rings. The second-order valence-electron chi connectivity index (χ2n) is 6.32. The number of nitrogens with two attached hydrogens (primary N) is 1. The maximum Gasteiger partial charge on any atom is 0.258 e. The zero-order valence-electron chi connectivity index (χ0n) is 14.9. The number of benzene rings is 2. The zero-order valence-corrected chi connectivity index (χ0v) is 14.9. The highest BCUT2D eigenvalue weighted by Crippen LogP contribution is 2.43. The molecule has 0 radical (unpaired) electrons. The van der Waals surface area contributed by atoms with Crippen molar-refractivity contribution in [3.63, 3.8) is 0 Å². The third kappa shape index (κ3) is 2.44. The normalized spacial score (nSPS) is 15.8. The maximum absolute atomic E-state index is 13.2. The lowest BCUT2D eigenvalue weighted by Crippen LogP contribution is -2.31. The van der Waals surface area contributed by atoms with Gasteiger partial charge in [-0.15, -0.1) is 0 Å². The summed E-state index contributed by atoms with van der Waals surface area (Å²) >= 11 is 0. The van der Waals surface area contributed by atoms with Gasteiger partial charge in [-0.2, -0.15) is 5.26 Å². The van der Waals surface area contributed by atoms with Crippen LogP contribution in [0, 0.1) is 11.3 Å². The average Bonchev–Trinajstić information content (AvgIpc) is 2.71. The predicted molar refractivity (Wildman–Crippen MR) is 101 cm³/mol. The summed E-state index contributed by atoms with van der Waals surface area (Å²) in [5, 5.41) is 10.5. The van der Waals surface area contributed by atoms with Crippen molar-refractivity contribution in [2.24, 2.45) is 12.8 Å². The van der Waals surface area contributed by atoms with E-state index in [0.29, 0.717) is 17.1 Å². The molecule has 0 unspecified atom stereocenters. The summed E-state index contributed by atoms with van der Waals surface area (Å²) in [7, 11) is 3.29. The second-order valence-corrected chi connectivity index (χ2v) is 6.32. The van der Waals surface area contributed by atoms with Crippen molar-refractivity contribution in [3.05, 3.63) is 81.5 Å². The highest BCUT2D eigenvalue weighted by Gasteiger charge is 2.35. The van der Waals surface area contributed by atoms with E-state index >= 15 is 0 Å². The van der Waals surface area contributed by atoms with Gasteiger partial charge in [0.1, 0.15) is 23.1 Å². The van der Waals surface area contributed by atoms with Crippen LogP contribution in [0.25, 0.3) is 10.9 Å². The molecule has 27 heavy (non-hydrogen) atoms. The fraction of sp³-hybridized carbons (Fsp3) is 0.143. The number of allylic oxidation sites excluding steroid dienone is 1. The van der Waals surface area contributed by atoms with E-state index in [4.69, 9.17) is 15.2 Å². The van der Waals surface area contributed by atoms with Crippen molar-refractivity contribution in [2.45, 2.75) is 5.92 Å². The fourth-order valence-electron chi connectivity index (χ4n) is 3.56. The quantitative estimate of drug-likeness (QED) is 0.760. The van der Waals surface area contributed by atoms with E-state index in [0.717, 1.165) is 16.5 Å². The Labute approximate surface area is 155 Å². The largest absolute Gasteiger partial charge is 0.497 e. The van der Waals surface area contributed by atoms with Crippen molar-refractivity contribution in [1.82, 2.24) is 4.57 Å². The van der Waals surface area contributed by atoms with Crippen LogP contribution >= 0.6 is 0 Å². The Morgan fingerprint density at radius 1 is 1.19 bits per heavy atom. The van der Waals surface area contributed by atoms with Crippen LogP contribution in [0.1, 0.15) is 17.0 Å². The molecule has 6 heteroatoms. The summed E-state index contributed by atoms with van der Waals surface area (Å²) in [6.07, 6.45) is 0. The van der Waals surface area contributed by atoms with Gasteiger partial charge in [-0.3, -0.25) is 4.79 Å². The Bertz CT molecular complexity index is 1180. The number of nitriles is 1. The number of fused-ring (bicyclic) bond motifs is 3. The van der Waals surface area contributed by atoms with Gasteiger partial charge >= 0.3 is 0 Å². The third-order valence-corrected chi connectivity index (χ3v) is 4.91. The van der Waals surface area contributed by atoms with Crippen LogP contribution in [-0.4, -0.2) is 11.7 Å². The van der Waals surface area contributed by atoms with Crippen LogP contribution < -0.4 is 20.8 Å². The van der Waals surface area contributed by atoms with E-state index < -0.39 is 5.92 Å². The molecule has 0 fully saturated rings. The lowest BCUT2D eigenvalue weighted by molar-refractivity contribution is 0.395. The van der Waals surface area contributed by atoms with Gasteiger partial charge in [-0.05, 0) is 29.8 Å². The summed E-state index contributed by atoms with van der Waals surface area (Å²) in [6, 6.07) is 16.8. The maximum atomic E-state index is 13.2. The molecule has 2 N–H and O–H groups in total. The number of nitrogens with zero attached hydrogens (tertiary/aromatic N) is 2. The first-order chi connectivity index (χ1) is 13.1. The van der Waals surface area contributed by atoms with Crippen LogP contribution in [-0.2, 0) is 7.05 Å². The van der Waals surface area contributed by atoms with Crippen LogP contribution in [0.4, 0.5) is 0 Å². The first-order valence-corrected chi connectivity index (χ1v) is 8.40. The van der Waals surface area contributed by atoms with E-state index in [2.05, 4.69) is 6.07 Å². The van der Waals surface area contributed by atoms with Gasteiger partial charge in [0, 0.05) is 12.4 Å². The van der Waals surface area contributed by atoms with Gasteiger partial charge < -0.3 is 19.8 Å². The fourth-order valence-corrected chi connectivity index (χ4v) is 3.56. The Balaban J connectivity index is 2.07. The molecule has 0 saturated carbocycles. The number of aromatic nitrogens is 1. The summed E-state index contributed by atoms with van der Waals surface area (Å²) in [5.41, 5.74) is 7.99. The molecule has 0 spiro atoms. The molecule has 1 atom stereocenters. The minimum atomic E-state index is -0.604. The standard InChI is InChI=1S/C21H17N3O3/c1-24-16-6-4-3-5-14(16)19-18(21(24)25)17(15(11-22)20(23)27-19)12-7-9-13(26-2)10-8-12/h3-10,17H,23H2,1-2H3/t17-/m1/s1. The monoisotopic (exact) mass is 359 g/mol. The van der Waals surface area contributed by atoms with Crippen molar-refractivity contribution in [2.75, 3.05) is 7.11 Å². The Hall–Kier alpha value is -3.72. The first kappa shape index (κ1) is 16.7. The number of ether oxygens (including phenoxy) is 2. The van der Waals surface area contributed by atoms with Crippen LogP contribution in [0.5, 0.6) is 11.5 Å². The van der Waals surface area contributed by atoms with Gasteiger partial charge in [0.15, 0.2) is 0 Å². The van der Waals surface area contributed by atoms with E-state index in [1.165, 1.54) is 0 Å². The van der Waals surface area contributed by atoms with Gasteiger partial charge in [0.2, 0.25) is 5.88 Å². The summed E-state index contributed by atoms with van der Waals surface area (Å²) < 4.78 is 12.6. The Morgan fingerprint density at radius 3 is 2.56 bits per heavy atom. The molecule has 3 aromatic rings. The SMILES string of the molecule is COc1ccc([C@@H]2C(C#N)=C(N)Oc3c2c(=O)n(C)c2ccccc32)cc1. The van der Waals surface area contributed by atoms with Crippen LogP contribution in [0.15, 0.2) is 64.8 Å². The van der Waals surface area contributed by atoms with Crippen molar-refractivity contribution in [3.8, 4) is 17.6 Å². The molecule has 1 aliphatic heterocycles. The molecule has 6 nitrogen and oxygen atoms in total. The number of rotatable bonds is 2. The number of para-hydroxylation sites is 1. The van der Waals surface area contributed by atoms with Crippen LogP contribution in [0.2, 0.25) is 0 Å². The van der Waals surface area contributed by atoms with E-state index in [1.54, 1.807) is 30.9 Å². The number of hydrogen-bond donors (Lipinski definition) is 1. The summed E-state index contributed by atoms with van der Waals surface area (Å²) in [5.74, 6) is 0.510. The highest BCUT2D eigenvalue weighted by atomic mass is 16.5. The molecule has 0 amide bonds. The van der Waals surface area contributed by atoms with Crippen molar-refractivity contribution < 1.29 is 9.47 Å². The molecular formula is C21H17N3O3. The second kappa shape index (κ2) is 6.22. The Kier molecular flexibility index (Phi) is 3.85. The van der Waals surface area contributed by atoms with Gasteiger partial charge in [-0.1, -0.05) is 24.3 Å². The van der Waals surface area contributed by atoms with Crippen molar-refractivity contribution >= 4 is 10.9 Å². The number of methoxy groups -OCH3 is 1. The molecule has 0 saturated heterocycles. The summed E-state index contributed by atoms with van der Waals surface area (Å²) in [4.78, 5) is 13.2. The van der Waals surface area contributed by atoms with Crippen molar-refractivity contribution in [1.29, 1.82) is 5.26 Å². The van der Waals surface area contributed by atoms with E-state index in [9.17, 15) is 10.1 Å². The van der Waals surface area contributed by atoms with Gasteiger partial charge in [-0.25, -0.2) is 0 Å². The molecule has 2 heterocycles. The van der Waals surface area contributed by atoms with Crippen LogP contribution in [0.3, 0.4) is 0 Å². The van der Waals surface area contributed by atoms with E-state index in [1.807, 2.05) is 36.4 Å². The molecule has 1 aromatic heterocycles. The predicted octanol–water partition coefficient (Wildman–Crippen LogP) is 2.77. The number of hydrogen-bond acceptors (Lipinski definition) is 5. The molecule has 0 aliphatic carbocycles. The Morgan fingerprint density at radius 2 is 1.89 bits per heavy atom. The first-order valence-electron chi connectivity index (χ1n) is 8.40. The third-order valence-electron chi connectivity index (χ3n) is 4.91. The molecule has 4 rings (SSSR count). The molecule has 0 bridgehead atoms. The lowest BCUT2D eigenvalue weighted by atomic mass is 9.83. The number of pyridine rings is 1. The molecule has 2 aromatic carbocycles. The minimum Gasteiger partial charge on any atom is -0.497 e. The van der Waals surface area contributed by atoms with Gasteiger partial charge in [0.25, 0.3) is 5.56 Å². The molecular weight excluding hydrogens is 342 g/mol. The average molecular weight is 359 g/mol. The smallest absolute Gasteiger partial charge is 0.258 e. The minimum absolute atomic E-state index is 0.0178.